The van der Waals surface area contributed by atoms with Gasteiger partial charge < -0.3 is 10.2 Å². The number of aromatic nitrogens is 2. The van der Waals surface area contributed by atoms with Crippen molar-refractivity contribution in [2.75, 3.05) is 16.8 Å². The molecule has 0 spiro atoms. The van der Waals surface area contributed by atoms with Crippen LogP contribution in [0, 0.1) is 0 Å². The summed E-state index contributed by atoms with van der Waals surface area (Å²) in [7, 11) is 0. The topological polar surface area (TPSA) is 58.1 Å². The molecule has 5 heteroatoms. The molecule has 1 aliphatic rings. The molecule has 2 aromatic carbocycles. The van der Waals surface area contributed by atoms with Gasteiger partial charge in [0.25, 0.3) is 5.91 Å². The van der Waals surface area contributed by atoms with Gasteiger partial charge in [0.1, 0.15) is 17.8 Å². The van der Waals surface area contributed by atoms with Gasteiger partial charge in [0.2, 0.25) is 0 Å². The fourth-order valence-electron chi connectivity index (χ4n) is 3.48. The lowest BCUT2D eigenvalue weighted by Crippen LogP contribution is -2.31. The molecule has 0 radical (unpaired) electrons. The summed E-state index contributed by atoms with van der Waals surface area (Å²) in [6, 6.07) is 18.2. The summed E-state index contributed by atoms with van der Waals surface area (Å²) < 4.78 is 0. The SMILES string of the molecule is CC(C)c1ccc(NC(=O)c2cc(N3CCc4ccccc4C3)ncn2)cc1. The minimum Gasteiger partial charge on any atom is -0.352 e. The van der Waals surface area contributed by atoms with E-state index in [2.05, 4.69) is 58.3 Å². The number of rotatable bonds is 4. The van der Waals surface area contributed by atoms with Crippen LogP contribution in [0.4, 0.5) is 11.5 Å². The lowest BCUT2D eigenvalue weighted by Gasteiger charge is -2.29. The number of benzene rings is 2. The van der Waals surface area contributed by atoms with E-state index >= 15 is 0 Å². The molecule has 3 aromatic rings. The van der Waals surface area contributed by atoms with Crippen LogP contribution in [0.1, 0.15) is 46.9 Å². The lowest BCUT2D eigenvalue weighted by molar-refractivity contribution is 0.102. The molecule has 1 aromatic heterocycles. The molecule has 1 amide bonds. The van der Waals surface area contributed by atoms with Crippen LogP contribution < -0.4 is 10.2 Å². The smallest absolute Gasteiger partial charge is 0.274 e. The van der Waals surface area contributed by atoms with E-state index in [-0.39, 0.29) is 5.91 Å². The second-order valence-corrected chi connectivity index (χ2v) is 7.43. The van der Waals surface area contributed by atoms with E-state index in [9.17, 15) is 4.79 Å². The Bertz CT molecular complexity index is 982. The molecule has 1 aliphatic heterocycles. The molecule has 0 bridgehead atoms. The van der Waals surface area contributed by atoms with Crippen LogP contribution in [0.15, 0.2) is 60.9 Å². The van der Waals surface area contributed by atoms with Crippen molar-refractivity contribution in [3.63, 3.8) is 0 Å². The van der Waals surface area contributed by atoms with Crippen molar-refractivity contribution in [1.29, 1.82) is 0 Å². The Morgan fingerprint density at radius 2 is 1.79 bits per heavy atom. The van der Waals surface area contributed by atoms with Gasteiger partial charge in [0.05, 0.1) is 0 Å². The first-order chi connectivity index (χ1) is 13.6. The Labute approximate surface area is 165 Å². The van der Waals surface area contributed by atoms with Gasteiger partial charge in [0.15, 0.2) is 0 Å². The largest absolute Gasteiger partial charge is 0.352 e. The van der Waals surface area contributed by atoms with Gasteiger partial charge in [-0.15, -0.1) is 0 Å². The van der Waals surface area contributed by atoms with E-state index in [1.807, 2.05) is 24.3 Å². The van der Waals surface area contributed by atoms with Crippen molar-refractivity contribution in [1.82, 2.24) is 9.97 Å². The summed E-state index contributed by atoms with van der Waals surface area (Å²) in [6.45, 7) is 5.97. The van der Waals surface area contributed by atoms with E-state index in [1.165, 1.54) is 23.0 Å². The zero-order chi connectivity index (χ0) is 19.5. The minimum atomic E-state index is -0.224. The second-order valence-electron chi connectivity index (χ2n) is 7.43. The third-order valence-electron chi connectivity index (χ3n) is 5.18. The third-order valence-corrected chi connectivity index (χ3v) is 5.18. The zero-order valence-electron chi connectivity index (χ0n) is 16.2. The van der Waals surface area contributed by atoms with Crippen LogP contribution in [-0.4, -0.2) is 22.4 Å². The van der Waals surface area contributed by atoms with Crippen molar-refractivity contribution < 1.29 is 4.79 Å². The van der Waals surface area contributed by atoms with E-state index < -0.39 is 0 Å². The Balaban J connectivity index is 1.48. The maximum absolute atomic E-state index is 12.6. The molecule has 0 saturated heterocycles. The predicted molar refractivity (Wildman–Crippen MR) is 112 cm³/mol. The number of anilines is 2. The highest BCUT2D eigenvalue weighted by atomic mass is 16.1. The average Bonchev–Trinajstić information content (AvgIpc) is 2.74. The zero-order valence-corrected chi connectivity index (χ0v) is 16.2. The van der Waals surface area contributed by atoms with Gasteiger partial charge in [-0.1, -0.05) is 50.2 Å². The molecule has 0 unspecified atom stereocenters. The highest BCUT2D eigenvalue weighted by molar-refractivity contribution is 6.03. The quantitative estimate of drug-likeness (QED) is 0.737. The molecule has 142 valence electrons. The fourth-order valence-corrected chi connectivity index (χ4v) is 3.48. The maximum Gasteiger partial charge on any atom is 0.274 e. The molecule has 5 nitrogen and oxygen atoms in total. The molecular formula is C23H24N4O. The lowest BCUT2D eigenvalue weighted by atomic mass is 10.00. The first-order valence-electron chi connectivity index (χ1n) is 9.65. The number of carbonyl (C=O) groups excluding carboxylic acids is 1. The van der Waals surface area contributed by atoms with E-state index in [0.717, 1.165) is 31.0 Å². The minimum absolute atomic E-state index is 0.224. The number of carbonyl (C=O) groups is 1. The van der Waals surface area contributed by atoms with Crippen LogP contribution in [0.25, 0.3) is 0 Å². The highest BCUT2D eigenvalue weighted by Crippen LogP contribution is 2.23. The van der Waals surface area contributed by atoms with Crippen molar-refractivity contribution in [3.05, 3.63) is 83.3 Å². The van der Waals surface area contributed by atoms with Crippen LogP contribution in [0.5, 0.6) is 0 Å². The first kappa shape index (κ1) is 18.2. The maximum atomic E-state index is 12.6. The summed E-state index contributed by atoms with van der Waals surface area (Å²) >= 11 is 0. The number of fused-ring (bicyclic) bond motifs is 1. The summed E-state index contributed by atoms with van der Waals surface area (Å²) in [4.78, 5) is 23.4. The molecule has 0 fully saturated rings. The van der Waals surface area contributed by atoms with Gasteiger partial charge in [-0.05, 0) is 41.2 Å². The van der Waals surface area contributed by atoms with Crippen LogP contribution >= 0.6 is 0 Å². The Morgan fingerprint density at radius 3 is 2.54 bits per heavy atom. The van der Waals surface area contributed by atoms with Crippen molar-refractivity contribution >= 4 is 17.4 Å². The molecule has 0 saturated carbocycles. The molecule has 0 aliphatic carbocycles. The number of nitrogens with zero attached hydrogens (tertiary/aromatic N) is 3. The second kappa shape index (κ2) is 7.80. The number of amides is 1. The van der Waals surface area contributed by atoms with E-state index in [1.54, 1.807) is 6.07 Å². The van der Waals surface area contributed by atoms with Gasteiger partial charge in [-0.3, -0.25) is 4.79 Å². The summed E-state index contributed by atoms with van der Waals surface area (Å²) in [5.41, 5.74) is 5.07. The highest BCUT2D eigenvalue weighted by Gasteiger charge is 2.18. The fraction of sp³-hybridized carbons (Fsp3) is 0.261. The number of nitrogens with one attached hydrogen (secondary N) is 1. The summed E-state index contributed by atoms with van der Waals surface area (Å²) in [6.07, 6.45) is 2.44. The van der Waals surface area contributed by atoms with Gasteiger partial charge in [0, 0.05) is 24.8 Å². The normalized spacial score (nSPS) is 13.3. The summed E-state index contributed by atoms with van der Waals surface area (Å²) in [5, 5.41) is 2.92. The Kier molecular flexibility index (Phi) is 5.06. The standard InChI is InChI=1S/C23H24N4O/c1-16(2)17-7-9-20(10-8-17)26-23(28)21-13-22(25-15-24-21)27-12-11-18-5-3-4-6-19(18)14-27/h3-10,13,15-16H,11-12,14H2,1-2H3,(H,26,28). The number of hydrogen-bond donors (Lipinski definition) is 1. The molecule has 2 heterocycles. The van der Waals surface area contributed by atoms with Crippen LogP contribution in [0.2, 0.25) is 0 Å². The molecule has 28 heavy (non-hydrogen) atoms. The molecule has 4 rings (SSSR count). The predicted octanol–water partition coefficient (Wildman–Crippen LogP) is 4.42. The van der Waals surface area contributed by atoms with Crippen molar-refractivity contribution in [2.24, 2.45) is 0 Å². The Morgan fingerprint density at radius 1 is 1.04 bits per heavy atom. The number of hydrogen-bond acceptors (Lipinski definition) is 4. The third kappa shape index (κ3) is 3.88. The van der Waals surface area contributed by atoms with E-state index in [4.69, 9.17) is 0 Å². The summed E-state index contributed by atoms with van der Waals surface area (Å²) in [5.74, 6) is 1.02. The monoisotopic (exact) mass is 372 g/mol. The first-order valence-corrected chi connectivity index (χ1v) is 9.65. The van der Waals surface area contributed by atoms with Gasteiger partial charge >= 0.3 is 0 Å². The van der Waals surface area contributed by atoms with Crippen molar-refractivity contribution in [2.45, 2.75) is 32.7 Å². The molecule has 1 N–H and O–H groups in total. The van der Waals surface area contributed by atoms with Crippen LogP contribution in [0.3, 0.4) is 0 Å². The Hall–Kier alpha value is -3.21. The van der Waals surface area contributed by atoms with Gasteiger partial charge in [-0.25, -0.2) is 9.97 Å². The van der Waals surface area contributed by atoms with Crippen molar-refractivity contribution in [3.8, 4) is 0 Å². The average molecular weight is 372 g/mol. The molecule has 0 atom stereocenters. The van der Waals surface area contributed by atoms with Gasteiger partial charge in [-0.2, -0.15) is 0 Å². The van der Waals surface area contributed by atoms with E-state index in [0.29, 0.717) is 11.6 Å². The van der Waals surface area contributed by atoms with Crippen LogP contribution in [-0.2, 0) is 13.0 Å². The molecular weight excluding hydrogens is 348 g/mol.